The molecular formula is C18H28N4O3S. The maximum atomic E-state index is 12.8. The SMILES string of the molecule is CN1CCN(C(=O)C2CCN(S(=O)(=O)c3ccc(CN)cc3)CC2)CC1. The van der Waals surface area contributed by atoms with Crippen LogP contribution in [0, 0.1) is 5.92 Å². The molecule has 0 saturated carbocycles. The highest BCUT2D eigenvalue weighted by Crippen LogP contribution is 2.25. The third-order valence-electron chi connectivity index (χ3n) is 5.41. The summed E-state index contributed by atoms with van der Waals surface area (Å²) in [5.74, 6) is 0.118. The molecule has 7 nitrogen and oxygen atoms in total. The number of likely N-dealkylation sites (N-methyl/N-ethyl adjacent to an activating group) is 1. The van der Waals surface area contributed by atoms with Crippen LogP contribution < -0.4 is 5.73 Å². The molecule has 2 N–H and O–H groups in total. The molecule has 8 heteroatoms. The number of amides is 1. The largest absolute Gasteiger partial charge is 0.340 e. The van der Waals surface area contributed by atoms with Crippen LogP contribution >= 0.6 is 0 Å². The molecule has 1 amide bonds. The summed E-state index contributed by atoms with van der Waals surface area (Å²) in [6.07, 6.45) is 1.18. The van der Waals surface area contributed by atoms with Gasteiger partial charge in [0.1, 0.15) is 0 Å². The topological polar surface area (TPSA) is 87.0 Å². The molecule has 0 aromatic heterocycles. The van der Waals surface area contributed by atoms with Crippen LogP contribution in [0.4, 0.5) is 0 Å². The van der Waals surface area contributed by atoms with Crippen molar-refractivity contribution in [2.75, 3.05) is 46.3 Å². The highest BCUT2D eigenvalue weighted by Gasteiger charge is 2.34. The van der Waals surface area contributed by atoms with Crippen molar-refractivity contribution in [3.8, 4) is 0 Å². The Morgan fingerprint density at radius 3 is 2.15 bits per heavy atom. The summed E-state index contributed by atoms with van der Waals surface area (Å²) in [6.45, 7) is 4.51. The van der Waals surface area contributed by atoms with E-state index in [2.05, 4.69) is 11.9 Å². The van der Waals surface area contributed by atoms with Crippen molar-refractivity contribution in [2.24, 2.45) is 11.7 Å². The first-order valence-corrected chi connectivity index (χ1v) is 10.6. The lowest BCUT2D eigenvalue weighted by molar-refractivity contribution is -0.138. The summed E-state index contributed by atoms with van der Waals surface area (Å²) in [5.41, 5.74) is 6.47. The van der Waals surface area contributed by atoms with E-state index in [-0.39, 0.29) is 11.8 Å². The quantitative estimate of drug-likeness (QED) is 0.813. The molecule has 3 rings (SSSR count). The molecule has 0 bridgehead atoms. The summed E-state index contributed by atoms with van der Waals surface area (Å²) in [4.78, 5) is 17.1. The highest BCUT2D eigenvalue weighted by molar-refractivity contribution is 7.89. The molecule has 1 aromatic rings. The monoisotopic (exact) mass is 380 g/mol. The van der Waals surface area contributed by atoms with E-state index in [4.69, 9.17) is 5.73 Å². The van der Waals surface area contributed by atoms with Gasteiger partial charge in [0, 0.05) is 51.7 Å². The van der Waals surface area contributed by atoms with Gasteiger partial charge in [0.15, 0.2) is 0 Å². The van der Waals surface area contributed by atoms with Crippen LogP contribution in [0.15, 0.2) is 29.2 Å². The van der Waals surface area contributed by atoms with Gasteiger partial charge in [-0.05, 0) is 37.6 Å². The molecular weight excluding hydrogens is 352 g/mol. The van der Waals surface area contributed by atoms with Crippen molar-refractivity contribution in [1.82, 2.24) is 14.1 Å². The molecule has 2 aliphatic rings. The highest BCUT2D eigenvalue weighted by atomic mass is 32.2. The molecule has 0 spiro atoms. The first-order chi connectivity index (χ1) is 12.4. The normalized spacial score (nSPS) is 21.1. The Balaban J connectivity index is 1.59. The lowest BCUT2D eigenvalue weighted by Crippen LogP contribution is -2.50. The lowest BCUT2D eigenvalue weighted by Gasteiger charge is -2.37. The Hall–Kier alpha value is -1.48. The number of hydrogen-bond donors (Lipinski definition) is 1. The Morgan fingerprint density at radius 2 is 1.62 bits per heavy atom. The second kappa shape index (κ2) is 8.04. The molecule has 0 unspecified atom stereocenters. The fourth-order valence-corrected chi connectivity index (χ4v) is 5.04. The van der Waals surface area contributed by atoms with Gasteiger partial charge in [0.05, 0.1) is 4.90 Å². The molecule has 0 aliphatic carbocycles. The molecule has 0 atom stereocenters. The molecule has 2 aliphatic heterocycles. The van der Waals surface area contributed by atoms with Gasteiger partial charge in [-0.15, -0.1) is 0 Å². The van der Waals surface area contributed by atoms with Gasteiger partial charge in [-0.3, -0.25) is 4.79 Å². The van der Waals surface area contributed by atoms with Gasteiger partial charge >= 0.3 is 0 Å². The molecule has 0 radical (unpaired) electrons. The average molecular weight is 381 g/mol. The lowest BCUT2D eigenvalue weighted by atomic mass is 9.96. The summed E-state index contributed by atoms with van der Waals surface area (Å²) in [5, 5.41) is 0. The summed E-state index contributed by atoms with van der Waals surface area (Å²) >= 11 is 0. The Kier molecular flexibility index (Phi) is 5.96. The van der Waals surface area contributed by atoms with E-state index >= 15 is 0 Å². The van der Waals surface area contributed by atoms with Crippen LogP contribution in [0.1, 0.15) is 18.4 Å². The second-order valence-electron chi connectivity index (χ2n) is 7.15. The van der Waals surface area contributed by atoms with Crippen LogP contribution in [0.25, 0.3) is 0 Å². The molecule has 2 saturated heterocycles. The number of nitrogens with two attached hydrogens (primary N) is 1. The molecule has 2 heterocycles. The number of carbonyl (C=O) groups excluding carboxylic acids is 1. The van der Waals surface area contributed by atoms with Crippen molar-refractivity contribution < 1.29 is 13.2 Å². The number of benzene rings is 1. The van der Waals surface area contributed by atoms with Gasteiger partial charge < -0.3 is 15.5 Å². The van der Waals surface area contributed by atoms with Crippen molar-refractivity contribution in [1.29, 1.82) is 0 Å². The number of carbonyl (C=O) groups is 1. The number of piperidine rings is 1. The first-order valence-electron chi connectivity index (χ1n) is 9.18. The zero-order chi connectivity index (χ0) is 18.7. The minimum atomic E-state index is -3.51. The predicted molar refractivity (Wildman–Crippen MR) is 99.9 cm³/mol. The third-order valence-corrected chi connectivity index (χ3v) is 7.33. The standard InChI is InChI=1S/C18H28N4O3S/c1-20-10-12-21(13-11-20)18(23)16-6-8-22(9-7-16)26(24,25)17-4-2-15(14-19)3-5-17/h2-5,16H,6-14,19H2,1H3. The Labute approximate surface area is 155 Å². The zero-order valence-corrected chi connectivity index (χ0v) is 16.1. The molecule has 2 fully saturated rings. The third kappa shape index (κ3) is 4.09. The fourth-order valence-electron chi connectivity index (χ4n) is 3.57. The zero-order valence-electron chi connectivity index (χ0n) is 15.3. The van der Waals surface area contributed by atoms with Crippen molar-refractivity contribution in [3.05, 3.63) is 29.8 Å². The molecule has 1 aromatic carbocycles. The van der Waals surface area contributed by atoms with E-state index in [1.165, 1.54) is 4.31 Å². The van der Waals surface area contributed by atoms with Crippen molar-refractivity contribution >= 4 is 15.9 Å². The summed E-state index contributed by atoms with van der Waals surface area (Å²) in [6, 6.07) is 6.71. The molecule has 26 heavy (non-hydrogen) atoms. The van der Waals surface area contributed by atoms with Gasteiger partial charge in [0.2, 0.25) is 15.9 Å². The van der Waals surface area contributed by atoms with Gasteiger partial charge in [-0.25, -0.2) is 8.42 Å². The fraction of sp³-hybridized carbons (Fsp3) is 0.611. The minimum Gasteiger partial charge on any atom is -0.340 e. The predicted octanol–water partition coefficient (Wildman–Crippen LogP) is 0.320. The van der Waals surface area contributed by atoms with Crippen LogP contribution in [0.2, 0.25) is 0 Å². The van der Waals surface area contributed by atoms with E-state index in [0.29, 0.717) is 37.4 Å². The number of sulfonamides is 1. The maximum absolute atomic E-state index is 12.8. The first kappa shape index (κ1) is 19.3. The van der Waals surface area contributed by atoms with E-state index in [9.17, 15) is 13.2 Å². The molecule has 144 valence electrons. The summed E-state index contributed by atoms with van der Waals surface area (Å²) in [7, 11) is -1.45. The van der Waals surface area contributed by atoms with E-state index in [0.717, 1.165) is 31.7 Å². The Bertz CT molecular complexity index is 719. The van der Waals surface area contributed by atoms with Gasteiger partial charge in [-0.2, -0.15) is 4.31 Å². The van der Waals surface area contributed by atoms with E-state index in [1.54, 1.807) is 24.3 Å². The van der Waals surface area contributed by atoms with Crippen LogP contribution in [0.5, 0.6) is 0 Å². The van der Waals surface area contributed by atoms with Crippen LogP contribution in [-0.4, -0.2) is 74.7 Å². The van der Waals surface area contributed by atoms with Crippen molar-refractivity contribution in [2.45, 2.75) is 24.3 Å². The average Bonchev–Trinajstić information content (AvgIpc) is 2.68. The van der Waals surface area contributed by atoms with Gasteiger partial charge in [-0.1, -0.05) is 12.1 Å². The van der Waals surface area contributed by atoms with Crippen molar-refractivity contribution in [3.63, 3.8) is 0 Å². The second-order valence-corrected chi connectivity index (χ2v) is 9.09. The van der Waals surface area contributed by atoms with Crippen LogP contribution in [-0.2, 0) is 21.4 Å². The number of piperazine rings is 1. The van der Waals surface area contributed by atoms with Crippen LogP contribution in [0.3, 0.4) is 0 Å². The number of nitrogens with zero attached hydrogens (tertiary/aromatic N) is 3. The maximum Gasteiger partial charge on any atom is 0.243 e. The Morgan fingerprint density at radius 1 is 1.04 bits per heavy atom. The summed E-state index contributed by atoms with van der Waals surface area (Å²) < 4.78 is 27.1. The van der Waals surface area contributed by atoms with E-state index < -0.39 is 10.0 Å². The number of rotatable bonds is 4. The minimum absolute atomic E-state index is 0.0653. The smallest absolute Gasteiger partial charge is 0.243 e. The van der Waals surface area contributed by atoms with E-state index in [1.807, 2.05) is 4.90 Å². The van der Waals surface area contributed by atoms with Gasteiger partial charge in [0.25, 0.3) is 0 Å². The number of hydrogen-bond acceptors (Lipinski definition) is 5.